The molecular formula is C11H16Br2OSi. The van der Waals surface area contributed by atoms with Crippen molar-refractivity contribution in [3.05, 3.63) is 28.2 Å². The molecule has 4 heteroatoms. The Kier molecular flexibility index (Phi) is 4.87. The lowest BCUT2D eigenvalue weighted by Gasteiger charge is -2.20. The fourth-order valence-electron chi connectivity index (χ4n) is 1.26. The van der Waals surface area contributed by atoms with Crippen LogP contribution in [0.4, 0.5) is 0 Å². The summed E-state index contributed by atoms with van der Waals surface area (Å²) in [5.41, 5.74) is 1.29. The summed E-state index contributed by atoms with van der Waals surface area (Å²) in [5.74, 6) is 0.994. The standard InChI is InChI=1S/C11H16Br2OSi/c1-15(2,3)14-10-4-5-11(13)9(8-10)6-7-12/h4-5,8H,6-7H2,1-3H3. The maximum Gasteiger partial charge on any atom is 0.242 e. The van der Waals surface area contributed by atoms with Crippen LogP contribution in [0, 0.1) is 0 Å². The molecule has 0 spiro atoms. The van der Waals surface area contributed by atoms with Gasteiger partial charge in [-0.2, -0.15) is 0 Å². The molecule has 0 fully saturated rings. The van der Waals surface area contributed by atoms with Crippen molar-refractivity contribution in [2.24, 2.45) is 0 Å². The van der Waals surface area contributed by atoms with Crippen molar-refractivity contribution < 1.29 is 4.43 Å². The number of alkyl halides is 1. The summed E-state index contributed by atoms with van der Waals surface area (Å²) in [6.45, 7) is 6.58. The van der Waals surface area contributed by atoms with E-state index in [1.54, 1.807) is 0 Å². The molecule has 0 radical (unpaired) electrons. The highest BCUT2D eigenvalue weighted by atomic mass is 79.9. The fourth-order valence-corrected chi connectivity index (χ4v) is 2.97. The number of aryl methyl sites for hydroxylation is 1. The van der Waals surface area contributed by atoms with Crippen LogP contribution in [0.5, 0.6) is 5.75 Å². The van der Waals surface area contributed by atoms with E-state index in [2.05, 4.69) is 63.6 Å². The molecule has 0 aliphatic heterocycles. The van der Waals surface area contributed by atoms with Crippen LogP contribution in [0.1, 0.15) is 5.56 Å². The summed E-state index contributed by atoms with van der Waals surface area (Å²) >= 11 is 7.00. The van der Waals surface area contributed by atoms with E-state index in [0.29, 0.717) is 0 Å². The maximum atomic E-state index is 5.95. The molecule has 0 aliphatic rings. The smallest absolute Gasteiger partial charge is 0.242 e. The second-order valence-corrected chi connectivity index (χ2v) is 10.5. The van der Waals surface area contributed by atoms with Gasteiger partial charge < -0.3 is 4.43 Å². The van der Waals surface area contributed by atoms with Gasteiger partial charge in [-0.25, -0.2) is 0 Å². The van der Waals surface area contributed by atoms with Crippen LogP contribution in [-0.4, -0.2) is 13.6 Å². The first-order chi connectivity index (χ1) is 6.92. The molecule has 0 saturated carbocycles. The van der Waals surface area contributed by atoms with Gasteiger partial charge in [0.25, 0.3) is 0 Å². The van der Waals surface area contributed by atoms with Crippen molar-refractivity contribution in [3.63, 3.8) is 0 Å². The Bertz CT molecular complexity index is 334. The molecule has 0 bridgehead atoms. The number of hydrogen-bond acceptors (Lipinski definition) is 1. The molecule has 15 heavy (non-hydrogen) atoms. The third kappa shape index (κ3) is 4.70. The van der Waals surface area contributed by atoms with E-state index < -0.39 is 8.32 Å². The van der Waals surface area contributed by atoms with E-state index in [0.717, 1.165) is 22.0 Å². The van der Waals surface area contributed by atoms with Gasteiger partial charge in [0.15, 0.2) is 0 Å². The summed E-state index contributed by atoms with van der Waals surface area (Å²) in [7, 11) is -1.49. The lowest BCUT2D eigenvalue weighted by Crippen LogP contribution is -2.29. The quantitative estimate of drug-likeness (QED) is 0.569. The molecule has 0 aromatic heterocycles. The molecule has 1 aromatic rings. The largest absolute Gasteiger partial charge is 0.544 e. The summed E-state index contributed by atoms with van der Waals surface area (Å²) in [5, 5.41) is 0.974. The predicted octanol–water partition coefficient (Wildman–Crippen LogP) is 4.60. The SMILES string of the molecule is C[Si](C)(C)Oc1ccc(Br)c(CCBr)c1. The van der Waals surface area contributed by atoms with E-state index in [1.165, 1.54) is 5.56 Å². The Labute approximate surface area is 110 Å². The van der Waals surface area contributed by atoms with Crippen molar-refractivity contribution in [1.82, 2.24) is 0 Å². The van der Waals surface area contributed by atoms with Crippen LogP contribution in [-0.2, 0) is 6.42 Å². The summed E-state index contributed by atoms with van der Waals surface area (Å²) in [4.78, 5) is 0. The van der Waals surface area contributed by atoms with Gasteiger partial charge >= 0.3 is 0 Å². The minimum absolute atomic E-state index is 0.974. The first-order valence-electron chi connectivity index (χ1n) is 4.96. The number of rotatable bonds is 4. The molecule has 0 heterocycles. The first kappa shape index (κ1) is 13.3. The Morgan fingerprint density at radius 2 is 1.93 bits per heavy atom. The average Bonchev–Trinajstić information content (AvgIpc) is 2.09. The zero-order chi connectivity index (χ0) is 11.5. The van der Waals surface area contributed by atoms with Gasteiger partial charge in [0.2, 0.25) is 8.32 Å². The van der Waals surface area contributed by atoms with E-state index >= 15 is 0 Å². The molecule has 0 N–H and O–H groups in total. The second-order valence-electron chi connectivity index (χ2n) is 4.41. The zero-order valence-corrected chi connectivity index (χ0v) is 13.5. The van der Waals surface area contributed by atoms with Gasteiger partial charge in [-0.15, -0.1) is 0 Å². The van der Waals surface area contributed by atoms with E-state index in [9.17, 15) is 0 Å². The van der Waals surface area contributed by atoms with Gasteiger partial charge in [0.05, 0.1) is 0 Å². The van der Waals surface area contributed by atoms with Crippen LogP contribution in [0.15, 0.2) is 22.7 Å². The van der Waals surface area contributed by atoms with Crippen LogP contribution < -0.4 is 4.43 Å². The van der Waals surface area contributed by atoms with Gasteiger partial charge in [-0.1, -0.05) is 31.9 Å². The molecule has 0 atom stereocenters. The van der Waals surface area contributed by atoms with E-state index in [-0.39, 0.29) is 0 Å². The molecule has 84 valence electrons. The summed E-state index contributed by atoms with van der Waals surface area (Å²) < 4.78 is 7.10. The van der Waals surface area contributed by atoms with Crippen LogP contribution >= 0.6 is 31.9 Å². The fraction of sp³-hybridized carbons (Fsp3) is 0.455. The molecule has 0 unspecified atom stereocenters. The van der Waals surface area contributed by atoms with Crippen molar-refractivity contribution in [3.8, 4) is 5.75 Å². The highest BCUT2D eigenvalue weighted by Gasteiger charge is 2.16. The highest BCUT2D eigenvalue weighted by Crippen LogP contribution is 2.25. The molecule has 0 amide bonds. The Balaban J connectivity index is 2.87. The van der Waals surface area contributed by atoms with E-state index in [1.807, 2.05) is 6.07 Å². The monoisotopic (exact) mass is 350 g/mol. The summed E-state index contributed by atoms with van der Waals surface area (Å²) in [6, 6.07) is 6.22. The van der Waals surface area contributed by atoms with Gasteiger partial charge in [0.1, 0.15) is 5.75 Å². The van der Waals surface area contributed by atoms with Crippen LogP contribution in [0.3, 0.4) is 0 Å². The molecule has 0 aliphatic carbocycles. The first-order valence-corrected chi connectivity index (χ1v) is 10.3. The number of hydrogen-bond donors (Lipinski definition) is 0. The second kappa shape index (κ2) is 5.50. The minimum atomic E-state index is -1.49. The minimum Gasteiger partial charge on any atom is -0.544 e. The molecule has 1 rings (SSSR count). The predicted molar refractivity (Wildman–Crippen MR) is 75.6 cm³/mol. The van der Waals surface area contributed by atoms with Crippen molar-refractivity contribution in [2.45, 2.75) is 26.1 Å². The van der Waals surface area contributed by atoms with Crippen molar-refractivity contribution in [1.29, 1.82) is 0 Å². The van der Waals surface area contributed by atoms with E-state index in [4.69, 9.17) is 4.43 Å². The van der Waals surface area contributed by atoms with Crippen molar-refractivity contribution >= 4 is 40.2 Å². The lowest BCUT2D eigenvalue weighted by molar-refractivity contribution is 0.556. The molecule has 1 nitrogen and oxygen atoms in total. The van der Waals surface area contributed by atoms with Crippen molar-refractivity contribution in [2.75, 3.05) is 5.33 Å². The molecule has 0 saturated heterocycles. The highest BCUT2D eigenvalue weighted by molar-refractivity contribution is 9.10. The average molecular weight is 352 g/mol. The van der Waals surface area contributed by atoms with Crippen LogP contribution in [0.2, 0.25) is 19.6 Å². The third-order valence-electron chi connectivity index (χ3n) is 1.81. The topological polar surface area (TPSA) is 9.23 Å². The third-order valence-corrected chi connectivity index (χ3v) is 3.82. The maximum absolute atomic E-state index is 5.95. The van der Waals surface area contributed by atoms with Crippen LogP contribution in [0.25, 0.3) is 0 Å². The molecule has 1 aromatic carbocycles. The Morgan fingerprint density at radius 3 is 2.47 bits per heavy atom. The number of halogens is 2. The number of benzene rings is 1. The summed E-state index contributed by atoms with van der Waals surface area (Å²) in [6.07, 6.45) is 1.02. The Morgan fingerprint density at radius 1 is 1.27 bits per heavy atom. The molecular weight excluding hydrogens is 336 g/mol. The van der Waals surface area contributed by atoms with Gasteiger partial charge in [-0.05, 0) is 49.8 Å². The normalized spacial score (nSPS) is 11.5. The zero-order valence-electron chi connectivity index (χ0n) is 9.31. The van der Waals surface area contributed by atoms with Gasteiger partial charge in [0, 0.05) is 9.80 Å². The van der Waals surface area contributed by atoms with Gasteiger partial charge in [-0.3, -0.25) is 0 Å². The Hall–Kier alpha value is 0.197. The lowest BCUT2D eigenvalue weighted by atomic mass is 10.2.